The fourth-order valence-electron chi connectivity index (χ4n) is 3.63. The van der Waals surface area contributed by atoms with Gasteiger partial charge in [0, 0.05) is 25.9 Å². The molecular weight excluding hydrogens is 412 g/mol. The Balaban J connectivity index is 2.12. The molecule has 0 aliphatic heterocycles. The fourth-order valence-corrected chi connectivity index (χ4v) is 3.63. The second-order valence-electron chi connectivity index (χ2n) is 7.98. The number of carbonyl (C=O) groups excluding carboxylic acids is 3. The Kier molecular flexibility index (Phi) is 9.39. The third kappa shape index (κ3) is 8.14. The molecule has 0 heterocycles. The zero-order valence-electron chi connectivity index (χ0n) is 18.7. The largest absolute Gasteiger partial charge is 0.479 e. The summed E-state index contributed by atoms with van der Waals surface area (Å²) in [6.45, 7) is 2.75. The van der Waals surface area contributed by atoms with Crippen molar-refractivity contribution in [3.8, 4) is 0 Å². The maximum absolute atomic E-state index is 12.8. The molecule has 9 nitrogen and oxygen atoms in total. The molecule has 0 saturated carbocycles. The monoisotopic (exact) mass is 444 g/mol. The summed E-state index contributed by atoms with van der Waals surface area (Å²) in [6, 6.07) is -2.06. The van der Waals surface area contributed by atoms with Crippen LogP contribution < -0.4 is 21.3 Å². The van der Waals surface area contributed by atoms with Gasteiger partial charge in [-0.15, -0.1) is 0 Å². The smallest absolute Gasteiger partial charge is 0.330 e. The Bertz CT molecular complexity index is 858. The number of aliphatic carboxylic acids is 1. The topological polar surface area (TPSA) is 137 Å². The van der Waals surface area contributed by atoms with Crippen molar-refractivity contribution in [1.29, 1.82) is 0 Å². The predicted molar refractivity (Wildman–Crippen MR) is 121 cm³/mol. The van der Waals surface area contributed by atoms with E-state index in [1.165, 1.54) is 19.9 Å². The van der Waals surface area contributed by atoms with Gasteiger partial charge in [0.2, 0.25) is 17.7 Å². The second kappa shape index (κ2) is 12.0. The number of amides is 3. The van der Waals surface area contributed by atoms with Crippen molar-refractivity contribution >= 4 is 23.7 Å². The molecule has 174 valence electrons. The molecule has 9 heteroatoms. The van der Waals surface area contributed by atoms with Crippen molar-refractivity contribution in [3.05, 3.63) is 47.6 Å². The molecule has 32 heavy (non-hydrogen) atoms. The van der Waals surface area contributed by atoms with Crippen LogP contribution in [0.4, 0.5) is 0 Å². The van der Waals surface area contributed by atoms with Gasteiger partial charge in [-0.05, 0) is 56.0 Å². The van der Waals surface area contributed by atoms with Gasteiger partial charge in [-0.25, -0.2) is 4.79 Å². The van der Waals surface area contributed by atoms with E-state index in [-0.39, 0.29) is 23.9 Å². The molecule has 0 aromatic heterocycles. The summed E-state index contributed by atoms with van der Waals surface area (Å²) >= 11 is 0. The van der Waals surface area contributed by atoms with Gasteiger partial charge in [0.25, 0.3) is 0 Å². The number of carboxylic acids is 1. The van der Waals surface area contributed by atoms with Crippen molar-refractivity contribution in [2.24, 2.45) is 0 Å². The van der Waals surface area contributed by atoms with Gasteiger partial charge < -0.3 is 26.4 Å². The summed E-state index contributed by atoms with van der Waals surface area (Å²) < 4.78 is 0. The molecule has 0 saturated heterocycles. The molecular formula is C23H32N4O5. The predicted octanol–water partition coefficient (Wildman–Crippen LogP) is 0.706. The number of allylic oxidation sites excluding steroid dienone is 4. The van der Waals surface area contributed by atoms with E-state index in [0.29, 0.717) is 12.8 Å². The van der Waals surface area contributed by atoms with Crippen molar-refractivity contribution < 1.29 is 24.3 Å². The number of likely N-dealkylation sites (N-methyl/N-ethyl adjacent to an activating group) is 1. The molecule has 1 unspecified atom stereocenters. The first-order valence-electron chi connectivity index (χ1n) is 10.7. The number of hydrogen-bond acceptors (Lipinski definition) is 5. The van der Waals surface area contributed by atoms with Crippen molar-refractivity contribution in [2.75, 3.05) is 7.05 Å². The van der Waals surface area contributed by atoms with E-state index in [4.69, 9.17) is 0 Å². The highest BCUT2D eigenvalue weighted by Crippen LogP contribution is 2.19. The van der Waals surface area contributed by atoms with E-state index < -0.39 is 24.0 Å². The van der Waals surface area contributed by atoms with Gasteiger partial charge in [0.1, 0.15) is 12.1 Å². The van der Waals surface area contributed by atoms with E-state index >= 15 is 0 Å². The van der Waals surface area contributed by atoms with Crippen molar-refractivity contribution in [1.82, 2.24) is 21.3 Å². The standard InChI is InChI=1S/C23H32N4O5/c1-14(28)25-19-10-6-17(7-11-19)13-21(23(31)32)27-22(30)20(26-15(2)29)12-16-4-8-18(24-3)9-5-16/h4,6,8,10,12-13,18-21,24H,5,7,9,11H2,1-3H3,(H,25,28)(H,26,29)(H,27,30)(H,31,32)/b16-12-,17-13-/t18-,19-,20?,21-/m0/s1. The number of rotatable bonds is 8. The third-order valence-corrected chi connectivity index (χ3v) is 5.30. The molecule has 0 radical (unpaired) electrons. The lowest BCUT2D eigenvalue weighted by atomic mass is 9.95. The second-order valence-corrected chi connectivity index (χ2v) is 7.98. The third-order valence-electron chi connectivity index (χ3n) is 5.30. The first kappa shape index (κ1) is 25.1. The normalized spacial score (nSPS) is 24.6. The summed E-state index contributed by atoms with van der Waals surface area (Å²) in [5.41, 5.74) is 1.65. The molecule has 2 aliphatic carbocycles. The van der Waals surface area contributed by atoms with Crippen LogP contribution in [0.3, 0.4) is 0 Å². The first-order valence-corrected chi connectivity index (χ1v) is 10.7. The highest BCUT2D eigenvalue weighted by Gasteiger charge is 2.25. The van der Waals surface area contributed by atoms with E-state index in [2.05, 4.69) is 21.3 Å². The maximum atomic E-state index is 12.8. The zero-order chi connectivity index (χ0) is 23.7. The maximum Gasteiger partial charge on any atom is 0.330 e. The minimum atomic E-state index is -1.25. The Morgan fingerprint density at radius 2 is 1.47 bits per heavy atom. The van der Waals surface area contributed by atoms with Gasteiger partial charge in [-0.3, -0.25) is 14.4 Å². The quantitative estimate of drug-likeness (QED) is 0.374. The molecule has 0 bridgehead atoms. The molecule has 2 rings (SSSR count). The number of nitrogens with one attached hydrogen (secondary N) is 4. The SMILES string of the molecule is CN[C@H]1C=C/C(=C/C(NC(C)=O)C(=O)N[C@@H](/C=C2/C=C[C@H](NC(C)=O)CC2)C(=O)O)CC1. The van der Waals surface area contributed by atoms with E-state index in [1.54, 1.807) is 18.2 Å². The zero-order valence-corrected chi connectivity index (χ0v) is 18.7. The van der Waals surface area contributed by atoms with Crippen LogP contribution in [0.25, 0.3) is 0 Å². The van der Waals surface area contributed by atoms with Crippen LogP contribution in [0.2, 0.25) is 0 Å². The van der Waals surface area contributed by atoms with Gasteiger partial charge >= 0.3 is 5.97 Å². The average molecular weight is 445 g/mol. The van der Waals surface area contributed by atoms with Crippen LogP contribution in [0.1, 0.15) is 39.5 Å². The molecule has 5 N–H and O–H groups in total. The Labute approximate surface area is 188 Å². The summed E-state index contributed by atoms with van der Waals surface area (Å²) in [7, 11) is 1.87. The van der Waals surface area contributed by atoms with Crippen LogP contribution in [0.5, 0.6) is 0 Å². The molecule has 0 aromatic carbocycles. The van der Waals surface area contributed by atoms with Crippen LogP contribution in [-0.4, -0.2) is 60.0 Å². The number of hydrogen-bond donors (Lipinski definition) is 5. The van der Waals surface area contributed by atoms with E-state index in [0.717, 1.165) is 24.0 Å². The van der Waals surface area contributed by atoms with E-state index in [1.807, 2.05) is 19.2 Å². The summed E-state index contributed by atoms with van der Waals surface area (Å²) in [6.07, 6.45) is 13.4. The van der Waals surface area contributed by atoms with Gasteiger partial charge in [0.15, 0.2) is 0 Å². The molecule has 0 spiro atoms. The highest BCUT2D eigenvalue weighted by atomic mass is 16.4. The summed E-state index contributed by atoms with van der Waals surface area (Å²) in [5.74, 6) is -2.32. The van der Waals surface area contributed by atoms with E-state index in [9.17, 15) is 24.3 Å². The van der Waals surface area contributed by atoms with Gasteiger partial charge in [-0.2, -0.15) is 0 Å². The minimum absolute atomic E-state index is 0.0932. The summed E-state index contributed by atoms with van der Waals surface area (Å²) in [4.78, 5) is 47.4. The van der Waals surface area contributed by atoms with Crippen molar-refractivity contribution in [3.63, 3.8) is 0 Å². The molecule has 3 amide bonds. The van der Waals surface area contributed by atoms with Crippen LogP contribution in [0.15, 0.2) is 47.6 Å². The summed E-state index contributed by atoms with van der Waals surface area (Å²) in [5, 5.41) is 20.6. The van der Waals surface area contributed by atoms with Crippen LogP contribution in [-0.2, 0) is 19.2 Å². The Morgan fingerprint density at radius 1 is 0.906 bits per heavy atom. The Hall–Kier alpha value is -3.20. The highest BCUT2D eigenvalue weighted by molar-refractivity contribution is 5.92. The molecule has 2 aliphatic rings. The van der Waals surface area contributed by atoms with Crippen LogP contribution in [0, 0.1) is 0 Å². The minimum Gasteiger partial charge on any atom is -0.479 e. The number of carbonyl (C=O) groups is 4. The lowest BCUT2D eigenvalue weighted by Crippen LogP contribution is -2.50. The Morgan fingerprint density at radius 3 is 1.91 bits per heavy atom. The lowest BCUT2D eigenvalue weighted by Gasteiger charge is -2.22. The molecule has 4 atom stereocenters. The average Bonchev–Trinajstić information content (AvgIpc) is 2.73. The van der Waals surface area contributed by atoms with Gasteiger partial charge in [0.05, 0.1) is 0 Å². The lowest BCUT2D eigenvalue weighted by molar-refractivity contribution is -0.140. The van der Waals surface area contributed by atoms with Crippen molar-refractivity contribution in [2.45, 2.75) is 63.7 Å². The molecule has 0 aromatic rings. The number of carboxylic acid groups (broad SMARTS) is 1. The fraction of sp³-hybridized carbons (Fsp3) is 0.478. The molecule has 0 fully saturated rings. The van der Waals surface area contributed by atoms with Gasteiger partial charge in [-0.1, -0.05) is 24.3 Å². The first-order chi connectivity index (χ1) is 15.2. The van der Waals surface area contributed by atoms with Crippen LogP contribution >= 0.6 is 0 Å².